The third-order valence-corrected chi connectivity index (χ3v) is 0.714. The zero-order chi connectivity index (χ0) is 9.23. The number of carbonyl (C=O) groups excluding carboxylic acids is 1. The molecule has 0 amide bonds. The van der Waals surface area contributed by atoms with Crippen molar-refractivity contribution in [2.45, 2.75) is 0 Å². The minimum absolute atomic E-state index is 0.421. The molecule has 7 nitrogen and oxygen atoms in total. The third kappa shape index (κ3) is 5.90. The first-order chi connectivity index (χ1) is 5.81. The second-order valence-electron chi connectivity index (χ2n) is 1.44. The summed E-state index contributed by atoms with van der Waals surface area (Å²) in [6.45, 7) is 0. The van der Waals surface area contributed by atoms with Crippen molar-refractivity contribution in [3.8, 4) is 0 Å². The van der Waals surface area contributed by atoms with Crippen LogP contribution in [0, 0.1) is 0 Å². The molecule has 7 heteroatoms. The smallest absolute Gasteiger partial charge is 0.178 e. The molecule has 0 atom stereocenters. The number of azide groups is 2. The van der Waals surface area contributed by atoms with Gasteiger partial charge >= 0.3 is 0 Å². The molecule has 0 aromatic rings. The van der Waals surface area contributed by atoms with E-state index in [2.05, 4.69) is 20.1 Å². The van der Waals surface area contributed by atoms with Crippen molar-refractivity contribution >= 4 is 5.78 Å². The summed E-state index contributed by atoms with van der Waals surface area (Å²) in [5.41, 5.74) is 15.6. The predicted octanol–water partition coefficient (Wildman–Crippen LogP) is 2.20. The van der Waals surface area contributed by atoms with Crippen LogP contribution >= 0.6 is 0 Å². The third-order valence-electron chi connectivity index (χ3n) is 0.714. The highest BCUT2D eigenvalue weighted by Crippen LogP contribution is 1.83. The average molecular weight is 164 g/mol. The van der Waals surface area contributed by atoms with Gasteiger partial charge in [0.2, 0.25) is 0 Å². The fourth-order valence-electron chi connectivity index (χ4n) is 0.329. The molecule has 0 aliphatic carbocycles. The first-order valence-corrected chi connectivity index (χ1v) is 2.76. The van der Waals surface area contributed by atoms with E-state index in [1.165, 1.54) is 0 Å². The molecule has 0 aromatic carbocycles. The van der Waals surface area contributed by atoms with Crippen LogP contribution in [-0.4, -0.2) is 5.78 Å². The second kappa shape index (κ2) is 6.88. The Morgan fingerprint density at radius 1 is 1.08 bits per heavy atom. The lowest BCUT2D eigenvalue weighted by Gasteiger charge is -1.76. The van der Waals surface area contributed by atoms with E-state index >= 15 is 0 Å². The van der Waals surface area contributed by atoms with Gasteiger partial charge in [-0.25, -0.2) is 0 Å². The maximum atomic E-state index is 10.7. The van der Waals surface area contributed by atoms with E-state index in [1.54, 1.807) is 0 Å². The maximum Gasteiger partial charge on any atom is 0.178 e. The molecule has 0 aliphatic rings. The van der Waals surface area contributed by atoms with Crippen LogP contribution in [0.4, 0.5) is 0 Å². The highest BCUT2D eigenvalue weighted by Gasteiger charge is 1.83. The molecule has 0 heterocycles. The molecule has 60 valence electrons. The van der Waals surface area contributed by atoms with Crippen molar-refractivity contribution in [1.82, 2.24) is 0 Å². The van der Waals surface area contributed by atoms with E-state index in [4.69, 9.17) is 11.1 Å². The summed E-state index contributed by atoms with van der Waals surface area (Å²) in [7, 11) is 0. The van der Waals surface area contributed by atoms with Crippen LogP contribution in [-0.2, 0) is 4.79 Å². The van der Waals surface area contributed by atoms with Crippen LogP contribution in [0.1, 0.15) is 0 Å². The highest BCUT2D eigenvalue weighted by atomic mass is 16.1. The van der Waals surface area contributed by atoms with Crippen LogP contribution < -0.4 is 0 Å². The lowest BCUT2D eigenvalue weighted by atomic mass is 10.4. The summed E-state index contributed by atoms with van der Waals surface area (Å²) in [5.74, 6) is -0.421. The normalized spacial score (nSPS) is 9.33. The lowest BCUT2D eigenvalue weighted by Crippen LogP contribution is -1.82. The topological polar surface area (TPSA) is 115 Å². The SMILES string of the molecule is [N-]=[N+]=N/C=C\C(=O)/C=C\N=[N+]=[N-]. The van der Waals surface area contributed by atoms with Gasteiger partial charge in [-0.3, -0.25) is 4.79 Å². The van der Waals surface area contributed by atoms with Crippen molar-refractivity contribution in [2.75, 3.05) is 0 Å². The predicted molar refractivity (Wildman–Crippen MR) is 41.6 cm³/mol. The van der Waals surface area contributed by atoms with E-state index in [0.717, 1.165) is 24.6 Å². The largest absolute Gasteiger partial charge is 0.290 e. The minimum atomic E-state index is -0.421. The Bertz CT molecular complexity index is 274. The van der Waals surface area contributed by atoms with Crippen molar-refractivity contribution in [1.29, 1.82) is 0 Å². The molecular weight excluding hydrogens is 160 g/mol. The number of hydrogen-bond acceptors (Lipinski definition) is 3. The summed E-state index contributed by atoms with van der Waals surface area (Å²) < 4.78 is 0. The van der Waals surface area contributed by atoms with Gasteiger partial charge in [-0.15, -0.1) is 0 Å². The van der Waals surface area contributed by atoms with Crippen LogP contribution in [0.3, 0.4) is 0 Å². The first-order valence-electron chi connectivity index (χ1n) is 2.76. The zero-order valence-corrected chi connectivity index (χ0v) is 5.90. The number of nitrogens with zero attached hydrogens (tertiary/aromatic N) is 6. The first kappa shape index (κ1) is 9.77. The average Bonchev–Trinajstić information content (AvgIpc) is 2.06. The molecule has 0 saturated heterocycles. The Morgan fingerprint density at radius 3 is 1.83 bits per heavy atom. The number of ketones is 1. The van der Waals surface area contributed by atoms with Crippen molar-refractivity contribution < 1.29 is 4.79 Å². The zero-order valence-electron chi connectivity index (χ0n) is 5.90. The van der Waals surface area contributed by atoms with E-state index in [-0.39, 0.29) is 0 Å². The highest BCUT2D eigenvalue weighted by molar-refractivity contribution is 5.98. The monoisotopic (exact) mass is 164 g/mol. The summed E-state index contributed by atoms with van der Waals surface area (Å²) in [5, 5.41) is 5.96. The standard InChI is InChI=1S/C5H4N6O/c6-10-8-3-1-5(12)2-4-9-11-7/h1-4H/b3-1-,4-2-. The van der Waals surface area contributed by atoms with E-state index < -0.39 is 5.78 Å². The number of hydrogen-bond donors (Lipinski definition) is 0. The number of allylic oxidation sites excluding steroid dienone is 2. The summed E-state index contributed by atoms with van der Waals surface area (Å²) in [6, 6.07) is 0. The molecule has 0 saturated carbocycles. The maximum absolute atomic E-state index is 10.7. The van der Waals surface area contributed by atoms with Crippen molar-refractivity contribution in [2.24, 2.45) is 10.2 Å². The molecule has 0 N–H and O–H groups in total. The summed E-state index contributed by atoms with van der Waals surface area (Å²) in [6.07, 6.45) is 4.09. The van der Waals surface area contributed by atoms with Crippen LogP contribution in [0.15, 0.2) is 34.8 Å². The number of carbonyl (C=O) groups is 1. The van der Waals surface area contributed by atoms with E-state index in [0.29, 0.717) is 0 Å². The number of rotatable bonds is 4. The second-order valence-corrected chi connectivity index (χ2v) is 1.44. The van der Waals surface area contributed by atoms with Gasteiger partial charge < -0.3 is 0 Å². The molecule has 0 aromatic heterocycles. The molecular formula is C5H4N6O. The quantitative estimate of drug-likeness (QED) is 0.269. The Balaban J connectivity index is 4.05. The minimum Gasteiger partial charge on any atom is -0.290 e. The Morgan fingerprint density at radius 2 is 1.50 bits per heavy atom. The molecule has 0 unspecified atom stereocenters. The van der Waals surface area contributed by atoms with Crippen LogP contribution in [0.2, 0.25) is 0 Å². The molecule has 0 spiro atoms. The fraction of sp³-hybridized carbons (Fsp3) is 0. The molecule has 0 rings (SSSR count). The van der Waals surface area contributed by atoms with Gasteiger partial charge in [0.15, 0.2) is 5.78 Å². The van der Waals surface area contributed by atoms with Crippen molar-refractivity contribution in [3.63, 3.8) is 0 Å². The Labute approximate surface area is 67.2 Å². The van der Waals surface area contributed by atoms with Gasteiger partial charge in [0.1, 0.15) is 0 Å². The molecule has 12 heavy (non-hydrogen) atoms. The fourth-order valence-corrected chi connectivity index (χ4v) is 0.329. The molecule has 0 bridgehead atoms. The molecule has 0 radical (unpaired) electrons. The lowest BCUT2D eigenvalue weighted by molar-refractivity contribution is -0.110. The van der Waals surface area contributed by atoms with E-state index in [9.17, 15) is 4.79 Å². The van der Waals surface area contributed by atoms with E-state index in [1.807, 2.05) is 0 Å². The van der Waals surface area contributed by atoms with Crippen LogP contribution in [0.5, 0.6) is 0 Å². The van der Waals surface area contributed by atoms with Gasteiger partial charge in [-0.1, -0.05) is 10.2 Å². The van der Waals surface area contributed by atoms with Gasteiger partial charge in [0, 0.05) is 22.2 Å². The van der Waals surface area contributed by atoms with Gasteiger partial charge in [-0.2, -0.15) is 0 Å². The van der Waals surface area contributed by atoms with Gasteiger partial charge in [-0.05, 0) is 23.2 Å². The molecule has 0 fully saturated rings. The summed E-state index contributed by atoms with van der Waals surface area (Å²) in [4.78, 5) is 15.4. The van der Waals surface area contributed by atoms with Gasteiger partial charge in [0.25, 0.3) is 0 Å². The van der Waals surface area contributed by atoms with Crippen molar-refractivity contribution in [3.05, 3.63) is 45.4 Å². The van der Waals surface area contributed by atoms with Crippen LogP contribution in [0.25, 0.3) is 20.9 Å². The summed E-state index contributed by atoms with van der Waals surface area (Å²) >= 11 is 0. The Hall–Kier alpha value is -2.23. The van der Waals surface area contributed by atoms with Gasteiger partial charge in [0.05, 0.1) is 0 Å². The molecule has 0 aliphatic heterocycles. The Kier molecular flexibility index (Phi) is 5.60.